The molecule has 0 aliphatic carbocycles. The van der Waals surface area contributed by atoms with Crippen molar-refractivity contribution in [2.75, 3.05) is 19.8 Å². The number of hydrazine groups is 1. The zero-order chi connectivity index (χ0) is 16.7. The molecule has 0 saturated carbocycles. The average Bonchev–Trinajstić information content (AvgIpc) is 2.47. The summed E-state index contributed by atoms with van der Waals surface area (Å²) < 4.78 is 14.8. The highest BCUT2D eigenvalue weighted by Crippen LogP contribution is 2.21. The third kappa shape index (κ3) is 3.90. The fourth-order valence-electron chi connectivity index (χ4n) is 2.00. The van der Waals surface area contributed by atoms with Crippen LogP contribution >= 0.6 is 0 Å². The molecular weight excluding hydrogens is 292 g/mol. The van der Waals surface area contributed by atoms with Crippen molar-refractivity contribution < 1.29 is 28.6 Å². The molecule has 22 heavy (non-hydrogen) atoms. The lowest BCUT2D eigenvalue weighted by Crippen LogP contribution is -2.61. The van der Waals surface area contributed by atoms with Crippen LogP contribution in [0.5, 0.6) is 0 Å². The molecule has 2 amide bonds. The summed E-state index contributed by atoms with van der Waals surface area (Å²) in [5.41, 5.74) is 0. The molecule has 8 nitrogen and oxygen atoms in total. The Labute approximate surface area is 129 Å². The maximum atomic E-state index is 12.2. The average molecular weight is 314 g/mol. The first kappa shape index (κ1) is 17.8. The first-order valence-electron chi connectivity index (χ1n) is 7.24. The summed E-state index contributed by atoms with van der Waals surface area (Å²) in [7, 11) is 0. The highest BCUT2D eigenvalue weighted by atomic mass is 16.6. The van der Waals surface area contributed by atoms with E-state index in [-0.39, 0.29) is 19.8 Å². The zero-order valence-corrected chi connectivity index (χ0v) is 13.3. The van der Waals surface area contributed by atoms with E-state index in [1.54, 1.807) is 33.8 Å². The van der Waals surface area contributed by atoms with Gasteiger partial charge < -0.3 is 14.2 Å². The Morgan fingerprint density at radius 2 is 1.36 bits per heavy atom. The van der Waals surface area contributed by atoms with E-state index >= 15 is 0 Å². The van der Waals surface area contributed by atoms with E-state index in [1.165, 1.54) is 6.08 Å². The molecule has 0 saturated heterocycles. The number of ether oxygens (including phenoxy) is 3. The fraction of sp³-hybridized carbons (Fsp3) is 0.643. The normalized spacial score (nSPS) is 20.5. The Morgan fingerprint density at radius 1 is 0.864 bits per heavy atom. The molecule has 0 unspecified atom stereocenters. The first-order valence-corrected chi connectivity index (χ1v) is 7.24. The molecular formula is C14H22N2O6. The van der Waals surface area contributed by atoms with Crippen LogP contribution in [0.15, 0.2) is 12.2 Å². The Bertz CT molecular complexity index is 451. The molecule has 0 N–H and O–H groups in total. The highest BCUT2D eigenvalue weighted by molar-refractivity contribution is 5.85. The van der Waals surface area contributed by atoms with Crippen LogP contribution in [0.1, 0.15) is 27.7 Å². The summed E-state index contributed by atoms with van der Waals surface area (Å²) in [5.74, 6) is -0.645. The monoisotopic (exact) mass is 314 g/mol. The zero-order valence-electron chi connectivity index (χ0n) is 13.3. The summed E-state index contributed by atoms with van der Waals surface area (Å²) in [6.07, 6.45) is 1.59. The van der Waals surface area contributed by atoms with Crippen LogP contribution in [0.3, 0.4) is 0 Å². The van der Waals surface area contributed by atoms with Gasteiger partial charge in [0.1, 0.15) is 0 Å². The van der Waals surface area contributed by atoms with Crippen LogP contribution in [0, 0.1) is 0 Å². The van der Waals surface area contributed by atoms with Crippen molar-refractivity contribution in [1.82, 2.24) is 10.0 Å². The maximum absolute atomic E-state index is 12.2. The van der Waals surface area contributed by atoms with Crippen molar-refractivity contribution in [2.45, 2.75) is 39.8 Å². The number of carbonyl (C=O) groups is 3. The van der Waals surface area contributed by atoms with Crippen molar-refractivity contribution >= 4 is 18.2 Å². The topological polar surface area (TPSA) is 85.4 Å². The molecule has 1 aliphatic heterocycles. The van der Waals surface area contributed by atoms with Gasteiger partial charge in [-0.15, -0.1) is 0 Å². The van der Waals surface area contributed by atoms with Gasteiger partial charge in [-0.1, -0.05) is 12.2 Å². The summed E-state index contributed by atoms with van der Waals surface area (Å²) in [6, 6.07) is -1.53. The largest absolute Gasteiger partial charge is 0.464 e. The fourth-order valence-corrected chi connectivity index (χ4v) is 2.00. The lowest BCUT2D eigenvalue weighted by atomic mass is 10.1. The van der Waals surface area contributed by atoms with E-state index in [0.29, 0.717) is 0 Å². The number of hydrogen-bond acceptors (Lipinski definition) is 6. The first-order chi connectivity index (χ1) is 10.5. The van der Waals surface area contributed by atoms with Crippen LogP contribution in [-0.4, -0.2) is 60.1 Å². The SMILES string of the molecule is CCOC(=O)[C@H]1C=C[C@H](C)N(C(=O)OCC)N1C(=O)OCC. The molecule has 124 valence electrons. The molecule has 1 aliphatic rings. The predicted octanol–water partition coefficient (Wildman–Crippen LogP) is 1.71. The molecule has 8 heteroatoms. The molecule has 0 radical (unpaired) electrons. The van der Waals surface area contributed by atoms with Crippen LogP contribution in [0.25, 0.3) is 0 Å². The van der Waals surface area contributed by atoms with Gasteiger partial charge in [0.25, 0.3) is 0 Å². The van der Waals surface area contributed by atoms with E-state index in [0.717, 1.165) is 10.0 Å². The Hall–Kier alpha value is -2.25. The number of carbonyl (C=O) groups excluding carboxylic acids is 3. The number of amides is 2. The summed E-state index contributed by atoms with van der Waals surface area (Å²) >= 11 is 0. The quantitative estimate of drug-likeness (QED) is 0.446. The third-order valence-corrected chi connectivity index (χ3v) is 2.89. The van der Waals surface area contributed by atoms with Gasteiger partial charge in [-0.3, -0.25) is 0 Å². The van der Waals surface area contributed by atoms with E-state index in [2.05, 4.69) is 0 Å². The van der Waals surface area contributed by atoms with Crippen LogP contribution in [0.2, 0.25) is 0 Å². The molecule has 0 bridgehead atoms. The molecule has 2 atom stereocenters. The maximum Gasteiger partial charge on any atom is 0.430 e. The molecule has 0 aromatic rings. The summed E-state index contributed by atoms with van der Waals surface area (Å²) in [5, 5.41) is 1.99. The van der Waals surface area contributed by atoms with Gasteiger partial charge in [-0.2, -0.15) is 5.01 Å². The van der Waals surface area contributed by atoms with Gasteiger partial charge in [0.15, 0.2) is 6.04 Å². The molecule has 1 rings (SSSR count). The van der Waals surface area contributed by atoms with Crippen LogP contribution in [0.4, 0.5) is 9.59 Å². The number of esters is 1. The predicted molar refractivity (Wildman–Crippen MR) is 76.7 cm³/mol. The van der Waals surface area contributed by atoms with Crippen molar-refractivity contribution in [1.29, 1.82) is 0 Å². The van der Waals surface area contributed by atoms with Gasteiger partial charge >= 0.3 is 18.2 Å². The van der Waals surface area contributed by atoms with Gasteiger partial charge in [0, 0.05) is 0 Å². The standard InChI is InChI=1S/C14H22N2O6/c1-5-20-12(17)11-9-8-10(4)15(13(18)21-6-2)16(11)14(19)22-7-3/h8-11H,5-7H2,1-4H3/t10-,11+/m0/s1. The second kappa shape index (κ2) is 8.26. The minimum Gasteiger partial charge on any atom is -0.464 e. The third-order valence-electron chi connectivity index (χ3n) is 2.89. The van der Waals surface area contributed by atoms with Gasteiger partial charge in [-0.25, -0.2) is 19.4 Å². The lowest BCUT2D eigenvalue weighted by Gasteiger charge is -2.41. The number of hydrogen-bond donors (Lipinski definition) is 0. The van der Waals surface area contributed by atoms with Crippen LogP contribution in [-0.2, 0) is 19.0 Å². The summed E-state index contributed by atoms with van der Waals surface area (Å²) in [6.45, 7) is 7.06. The highest BCUT2D eigenvalue weighted by Gasteiger charge is 2.42. The van der Waals surface area contributed by atoms with Crippen LogP contribution < -0.4 is 0 Å². The Balaban J connectivity index is 3.15. The van der Waals surface area contributed by atoms with E-state index in [1.807, 2.05) is 0 Å². The van der Waals surface area contributed by atoms with Gasteiger partial charge in [-0.05, 0) is 27.7 Å². The Morgan fingerprint density at radius 3 is 1.86 bits per heavy atom. The molecule has 0 aromatic heterocycles. The minimum absolute atomic E-state index is 0.111. The number of rotatable bonds is 4. The number of nitrogens with zero attached hydrogens (tertiary/aromatic N) is 2. The van der Waals surface area contributed by atoms with E-state index in [9.17, 15) is 14.4 Å². The summed E-state index contributed by atoms with van der Waals surface area (Å²) in [4.78, 5) is 36.4. The van der Waals surface area contributed by atoms with E-state index < -0.39 is 30.2 Å². The Kier molecular flexibility index (Phi) is 6.68. The lowest BCUT2D eigenvalue weighted by molar-refractivity contribution is -0.154. The second-order valence-electron chi connectivity index (χ2n) is 4.41. The van der Waals surface area contributed by atoms with Crippen molar-refractivity contribution in [3.05, 3.63) is 12.2 Å². The molecule has 0 aromatic carbocycles. The second-order valence-corrected chi connectivity index (χ2v) is 4.41. The smallest absolute Gasteiger partial charge is 0.430 e. The van der Waals surface area contributed by atoms with Crippen molar-refractivity contribution in [3.63, 3.8) is 0 Å². The van der Waals surface area contributed by atoms with Gasteiger partial charge in [0.2, 0.25) is 0 Å². The van der Waals surface area contributed by atoms with E-state index in [4.69, 9.17) is 14.2 Å². The molecule has 0 fully saturated rings. The molecule has 0 spiro atoms. The van der Waals surface area contributed by atoms with Crippen molar-refractivity contribution in [3.8, 4) is 0 Å². The molecule has 1 heterocycles. The minimum atomic E-state index is -1.07. The van der Waals surface area contributed by atoms with Gasteiger partial charge in [0.05, 0.1) is 25.9 Å². The van der Waals surface area contributed by atoms with Crippen molar-refractivity contribution in [2.24, 2.45) is 0 Å².